The molecule has 0 aliphatic carbocycles. The number of hydrogen-bond acceptors (Lipinski definition) is 4. The summed E-state index contributed by atoms with van der Waals surface area (Å²) in [5.41, 5.74) is 0.0378. The van der Waals surface area contributed by atoms with E-state index in [9.17, 15) is 15.0 Å². The summed E-state index contributed by atoms with van der Waals surface area (Å²) in [4.78, 5) is 11.1. The molecule has 17 heavy (non-hydrogen) atoms. The van der Waals surface area contributed by atoms with Crippen molar-refractivity contribution in [3.8, 4) is 11.5 Å². The summed E-state index contributed by atoms with van der Waals surface area (Å²) in [6, 6.07) is 2.49. The molecule has 1 aromatic rings. The van der Waals surface area contributed by atoms with Crippen molar-refractivity contribution in [1.29, 1.82) is 0 Å². The Morgan fingerprint density at radius 1 is 1.35 bits per heavy atom. The van der Waals surface area contributed by atoms with Gasteiger partial charge in [-0.05, 0) is 18.1 Å². The van der Waals surface area contributed by atoms with E-state index >= 15 is 0 Å². The number of methoxy groups -OCH3 is 1. The molecular weight excluding hydrogens is 224 g/mol. The largest absolute Gasteiger partial charge is 0.504 e. The number of phenolic OH excluding ortho intramolecular Hbond substituents is 1. The van der Waals surface area contributed by atoms with Gasteiger partial charge in [-0.15, -0.1) is 0 Å². The molecule has 0 saturated heterocycles. The molecule has 0 aliphatic rings. The van der Waals surface area contributed by atoms with E-state index in [-0.39, 0.29) is 28.5 Å². The first-order valence-electron chi connectivity index (χ1n) is 5.21. The van der Waals surface area contributed by atoms with Crippen molar-refractivity contribution >= 4 is 5.97 Å². The fourth-order valence-electron chi connectivity index (χ4n) is 1.62. The van der Waals surface area contributed by atoms with Crippen molar-refractivity contribution in [2.45, 2.75) is 20.0 Å². The Bertz CT molecular complexity index is 425. The number of ether oxygens (including phenoxy) is 1. The number of carboxylic acid groups (broad SMARTS) is 1. The molecule has 1 atom stereocenters. The molecular formula is C12H16O5. The predicted octanol–water partition coefficient (Wildman–Crippen LogP) is 1.79. The standard InChI is InChI=1S/C12H16O5/c1-6(2)10(14)9-7(12(15)16)4-5-8(13)11(9)17-3/h4-6,10,13-14H,1-3H3,(H,15,16). The van der Waals surface area contributed by atoms with Crippen LogP contribution in [-0.2, 0) is 0 Å². The van der Waals surface area contributed by atoms with Crippen LogP contribution in [0.2, 0.25) is 0 Å². The molecule has 0 amide bonds. The van der Waals surface area contributed by atoms with Crippen LogP contribution in [0.25, 0.3) is 0 Å². The van der Waals surface area contributed by atoms with Crippen LogP contribution >= 0.6 is 0 Å². The number of carbonyl (C=O) groups is 1. The van der Waals surface area contributed by atoms with Gasteiger partial charge in [0, 0.05) is 5.56 Å². The van der Waals surface area contributed by atoms with Crippen molar-refractivity contribution in [2.24, 2.45) is 5.92 Å². The Balaban J connectivity index is 3.49. The first-order valence-corrected chi connectivity index (χ1v) is 5.21. The first kappa shape index (κ1) is 13.3. The smallest absolute Gasteiger partial charge is 0.336 e. The molecule has 0 fully saturated rings. The second-order valence-corrected chi connectivity index (χ2v) is 4.07. The maximum Gasteiger partial charge on any atom is 0.336 e. The second-order valence-electron chi connectivity index (χ2n) is 4.07. The highest BCUT2D eigenvalue weighted by molar-refractivity contribution is 5.91. The highest BCUT2D eigenvalue weighted by atomic mass is 16.5. The monoisotopic (exact) mass is 240 g/mol. The number of benzene rings is 1. The van der Waals surface area contributed by atoms with E-state index in [0.29, 0.717) is 0 Å². The van der Waals surface area contributed by atoms with Crippen LogP contribution in [0.4, 0.5) is 0 Å². The minimum absolute atomic E-state index is 0.00565. The maximum atomic E-state index is 11.1. The molecule has 0 heterocycles. The van der Waals surface area contributed by atoms with Gasteiger partial charge in [-0.3, -0.25) is 0 Å². The first-order chi connectivity index (χ1) is 7.90. The molecule has 0 spiro atoms. The number of carboxylic acids is 1. The number of aromatic carboxylic acids is 1. The minimum Gasteiger partial charge on any atom is -0.504 e. The molecule has 0 bridgehead atoms. The molecule has 0 radical (unpaired) electrons. The number of phenols is 1. The summed E-state index contributed by atoms with van der Waals surface area (Å²) < 4.78 is 4.96. The lowest BCUT2D eigenvalue weighted by atomic mass is 9.93. The van der Waals surface area contributed by atoms with Crippen LogP contribution in [0.1, 0.15) is 35.9 Å². The topological polar surface area (TPSA) is 87.0 Å². The molecule has 0 aliphatic heterocycles. The zero-order valence-corrected chi connectivity index (χ0v) is 9.97. The Kier molecular flexibility index (Phi) is 3.96. The number of hydrogen-bond donors (Lipinski definition) is 3. The van der Waals surface area contributed by atoms with Crippen LogP contribution in [0, 0.1) is 5.92 Å². The van der Waals surface area contributed by atoms with Crippen molar-refractivity contribution in [3.05, 3.63) is 23.3 Å². The number of aromatic hydroxyl groups is 1. The third-order valence-electron chi connectivity index (χ3n) is 2.54. The average molecular weight is 240 g/mol. The minimum atomic E-state index is -1.17. The van der Waals surface area contributed by atoms with Crippen molar-refractivity contribution in [3.63, 3.8) is 0 Å². The van der Waals surface area contributed by atoms with Crippen LogP contribution in [0.15, 0.2) is 12.1 Å². The van der Waals surface area contributed by atoms with Gasteiger partial charge in [0.1, 0.15) is 0 Å². The van der Waals surface area contributed by atoms with Gasteiger partial charge >= 0.3 is 5.97 Å². The summed E-state index contributed by atoms with van der Waals surface area (Å²) in [5, 5.41) is 28.7. The predicted molar refractivity (Wildman–Crippen MR) is 61.4 cm³/mol. The van der Waals surface area contributed by atoms with Crippen molar-refractivity contribution in [1.82, 2.24) is 0 Å². The van der Waals surface area contributed by atoms with E-state index in [4.69, 9.17) is 9.84 Å². The quantitative estimate of drug-likeness (QED) is 0.746. The van der Waals surface area contributed by atoms with Gasteiger partial charge < -0.3 is 20.1 Å². The Hall–Kier alpha value is -1.75. The van der Waals surface area contributed by atoms with E-state index in [1.165, 1.54) is 19.2 Å². The number of aliphatic hydroxyl groups is 1. The summed E-state index contributed by atoms with van der Waals surface area (Å²) in [7, 11) is 1.32. The van der Waals surface area contributed by atoms with E-state index in [1.54, 1.807) is 13.8 Å². The molecule has 1 rings (SSSR count). The second kappa shape index (κ2) is 5.05. The van der Waals surface area contributed by atoms with Crippen LogP contribution in [0.3, 0.4) is 0 Å². The Morgan fingerprint density at radius 3 is 2.35 bits per heavy atom. The zero-order chi connectivity index (χ0) is 13.2. The molecule has 0 saturated carbocycles. The third-order valence-corrected chi connectivity index (χ3v) is 2.54. The highest BCUT2D eigenvalue weighted by Crippen LogP contribution is 2.39. The average Bonchev–Trinajstić information content (AvgIpc) is 2.26. The Labute approximate surface area is 99.3 Å². The summed E-state index contributed by atoms with van der Waals surface area (Å²) >= 11 is 0. The molecule has 5 nitrogen and oxygen atoms in total. The molecule has 94 valence electrons. The zero-order valence-electron chi connectivity index (χ0n) is 9.97. The number of rotatable bonds is 4. The van der Waals surface area contributed by atoms with Gasteiger partial charge in [0.05, 0.1) is 18.8 Å². The molecule has 3 N–H and O–H groups in total. The van der Waals surface area contributed by atoms with Crippen LogP contribution in [0.5, 0.6) is 11.5 Å². The van der Waals surface area contributed by atoms with Gasteiger partial charge in [0.15, 0.2) is 11.5 Å². The fourth-order valence-corrected chi connectivity index (χ4v) is 1.62. The fraction of sp³-hybridized carbons (Fsp3) is 0.417. The summed E-state index contributed by atoms with van der Waals surface area (Å²) in [5.74, 6) is -1.54. The van der Waals surface area contributed by atoms with Gasteiger partial charge in [-0.1, -0.05) is 13.8 Å². The molecule has 1 aromatic carbocycles. The van der Waals surface area contributed by atoms with Crippen LogP contribution in [-0.4, -0.2) is 28.4 Å². The van der Waals surface area contributed by atoms with Crippen molar-refractivity contribution < 1.29 is 24.9 Å². The van der Waals surface area contributed by atoms with Crippen LogP contribution < -0.4 is 4.74 Å². The molecule has 0 aromatic heterocycles. The Morgan fingerprint density at radius 2 is 1.94 bits per heavy atom. The van der Waals surface area contributed by atoms with E-state index in [1.807, 2.05) is 0 Å². The normalized spacial score (nSPS) is 12.5. The van der Waals surface area contributed by atoms with E-state index in [2.05, 4.69) is 0 Å². The maximum absolute atomic E-state index is 11.1. The lowest BCUT2D eigenvalue weighted by Crippen LogP contribution is -2.13. The van der Waals surface area contributed by atoms with Gasteiger partial charge in [0.2, 0.25) is 0 Å². The van der Waals surface area contributed by atoms with Crippen molar-refractivity contribution in [2.75, 3.05) is 7.11 Å². The lowest BCUT2D eigenvalue weighted by molar-refractivity contribution is 0.0680. The van der Waals surface area contributed by atoms with Gasteiger partial charge in [-0.25, -0.2) is 4.79 Å². The third kappa shape index (κ3) is 2.50. The van der Waals surface area contributed by atoms with E-state index in [0.717, 1.165) is 0 Å². The summed E-state index contributed by atoms with van der Waals surface area (Å²) in [6.07, 6.45) is -1.01. The van der Waals surface area contributed by atoms with Gasteiger partial charge in [0.25, 0.3) is 0 Å². The molecule has 1 unspecified atom stereocenters. The highest BCUT2D eigenvalue weighted by Gasteiger charge is 2.26. The van der Waals surface area contributed by atoms with E-state index < -0.39 is 12.1 Å². The van der Waals surface area contributed by atoms with Gasteiger partial charge in [-0.2, -0.15) is 0 Å². The number of aliphatic hydroxyl groups excluding tert-OH is 1. The molecule has 5 heteroatoms. The lowest BCUT2D eigenvalue weighted by Gasteiger charge is -2.20. The SMILES string of the molecule is COc1c(O)ccc(C(=O)O)c1C(O)C(C)C. The summed E-state index contributed by atoms with van der Waals surface area (Å²) in [6.45, 7) is 3.50.